The molecular weight excluding hydrogens is 214 g/mol. The number of hydrogen-bond acceptors (Lipinski definition) is 3. The van der Waals surface area contributed by atoms with E-state index in [0.29, 0.717) is 0 Å². The molecule has 0 atom stereocenters. The fourth-order valence-corrected chi connectivity index (χ4v) is 1.87. The molecule has 0 amide bonds. The van der Waals surface area contributed by atoms with Crippen LogP contribution in [0.15, 0.2) is 41.3 Å². The summed E-state index contributed by atoms with van der Waals surface area (Å²) in [5.74, 6) is 0. The Labute approximate surface area is 99.9 Å². The van der Waals surface area contributed by atoms with Gasteiger partial charge in [0, 0.05) is 18.3 Å². The highest BCUT2D eigenvalue weighted by molar-refractivity contribution is 5.65. The predicted octanol–water partition coefficient (Wildman–Crippen LogP) is 2.24. The van der Waals surface area contributed by atoms with Crippen molar-refractivity contribution in [3.63, 3.8) is 0 Å². The molecule has 1 N–H and O–H groups in total. The highest BCUT2D eigenvalue weighted by Gasteiger charge is 2.09. The van der Waals surface area contributed by atoms with Crippen LogP contribution in [0.2, 0.25) is 0 Å². The number of nitrogens with zero attached hydrogens (tertiary/aromatic N) is 2. The Morgan fingerprint density at radius 2 is 2.12 bits per heavy atom. The number of anilines is 2. The van der Waals surface area contributed by atoms with Gasteiger partial charge in [0.25, 0.3) is 5.56 Å². The van der Waals surface area contributed by atoms with Crippen molar-refractivity contribution in [2.75, 3.05) is 11.4 Å². The molecular formula is C13H15N3O. The molecule has 0 aliphatic rings. The predicted molar refractivity (Wildman–Crippen MR) is 68.7 cm³/mol. The van der Waals surface area contributed by atoms with Crippen LogP contribution in [0.25, 0.3) is 0 Å². The number of aryl methyl sites for hydroxylation is 1. The number of hydrogen-bond donors (Lipinski definition) is 1. The van der Waals surface area contributed by atoms with Crippen molar-refractivity contribution in [2.24, 2.45) is 0 Å². The maximum Gasteiger partial charge on any atom is 0.266 e. The summed E-state index contributed by atoms with van der Waals surface area (Å²) in [6.45, 7) is 4.89. The van der Waals surface area contributed by atoms with Crippen LogP contribution < -0.4 is 10.5 Å². The summed E-state index contributed by atoms with van der Waals surface area (Å²) in [6.07, 6.45) is 1.66. The minimum Gasteiger partial charge on any atom is -0.340 e. The summed E-state index contributed by atoms with van der Waals surface area (Å²) in [5, 5.41) is 6.21. The smallest absolute Gasteiger partial charge is 0.266 e. The second-order valence-electron chi connectivity index (χ2n) is 3.83. The molecule has 17 heavy (non-hydrogen) atoms. The Hall–Kier alpha value is -2.10. The zero-order chi connectivity index (χ0) is 12.3. The number of aromatic amines is 1. The van der Waals surface area contributed by atoms with Gasteiger partial charge in [0.05, 0.1) is 11.9 Å². The quantitative estimate of drug-likeness (QED) is 0.878. The highest BCUT2D eigenvalue weighted by atomic mass is 16.1. The third-order valence-corrected chi connectivity index (χ3v) is 2.68. The molecule has 2 rings (SSSR count). The summed E-state index contributed by atoms with van der Waals surface area (Å²) in [5.41, 5.74) is 2.90. The van der Waals surface area contributed by atoms with E-state index < -0.39 is 0 Å². The van der Waals surface area contributed by atoms with Gasteiger partial charge in [0.15, 0.2) is 0 Å². The van der Waals surface area contributed by atoms with Crippen molar-refractivity contribution in [1.82, 2.24) is 10.2 Å². The lowest BCUT2D eigenvalue weighted by Gasteiger charge is -2.24. The molecule has 0 radical (unpaired) electrons. The lowest BCUT2D eigenvalue weighted by Crippen LogP contribution is -2.20. The minimum absolute atomic E-state index is 0.186. The van der Waals surface area contributed by atoms with Crippen LogP contribution in [0.1, 0.15) is 12.5 Å². The fourth-order valence-electron chi connectivity index (χ4n) is 1.87. The first kappa shape index (κ1) is 11.4. The van der Waals surface area contributed by atoms with Gasteiger partial charge in [0.1, 0.15) is 0 Å². The summed E-state index contributed by atoms with van der Waals surface area (Å²) in [4.78, 5) is 13.3. The van der Waals surface area contributed by atoms with Crippen LogP contribution in [0.4, 0.5) is 11.4 Å². The zero-order valence-electron chi connectivity index (χ0n) is 9.97. The normalized spacial score (nSPS) is 10.2. The molecule has 0 bridgehead atoms. The monoisotopic (exact) mass is 229 g/mol. The van der Waals surface area contributed by atoms with Gasteiger partial charge in [0.2, 0.25) is 0 Å². The van der Waals surface area contributed by atoms with Gasteiger partial charge in [-0.2, -0.15) is 5.10 Å². The summed E-state index contributed by atoms with van der Waals surface area (Å²) in [6, 6.07) is 9.65. The van der Waals surface area contributed by atoms with Gasteiger partial charge in [-0.1, -0.05) is 18.2 Å². The van der Waals surface area contributed by atoms with Gasteiger partial charge in [-0.15, -0.1) is 0 Å². The number of H-pyrrole nitrogens is 1. The Balaban J connectivity index is 2.48. The highest BCUT2D eigenvalue weighted by Crippen LogP contribution is 2.26. The average Bonchev–Trinajstić information content (AvgIpc) is 2.33. The number of benzene rings is 1. The summed E-state index contributed by atoms with van der Waals surface area (Å²) < 4.78 is 0. The van der Waals surface area contributed by atoms with Crippen LogP contribution in [0.3, 0.4) is 0 Å². The van der Waals surface area contributed by atoms with Crippen LogP contribution in [-0.4, -0.2) is 16.7 Å². The molecule has 88 valence electrons. The second-order valence-corrected chi connectivity index (χ2v) is 3.83. The van der Waals surface area contributed by atoms with Gasteiger partial charge in [-0.05, 0) is 25.5 Å². The molecule has 0 spiro atoms. The third kappa shape index (κ3) is 2.36. The molecule has 4 nitrogen and oxygen atoms in total. The third-order valence-electron chi connectivity index (χ3n) is 2.68. The Morgan fingerprint density at radius 1 is 1.35 bits per heavy atom. The van der Waals surface area contributed by atoms with Crippen LogP contribution in [0.5, 0.6) is 0 Å². The van der Waals surface area contributed by atoms with Crippen molar-refractivity contribution in [2.45, 2.75) is 13.8 Å². The largest absolute Gasteiger partial charge is 0.340 e. The average molecular weight is 229 g/mol. The van der Waals surface area contributed by atoms with Crippen molar-refractivity contribution >= 4 is 11.4 Å². The molecule has 0 saturated heterocycles. The van der Waals surface area contributed by atoms with Gasteiger partial charge >= 0.3 is 0 Å². The molecule has 1 aromatic carbocycles. The SMILES string of the molecule is CCN(c1cn[nH]c(=O)c1)c1ccccc1C. The van der Waals surface area contributed by atoms with Crippen LogP contribution in [0, 0.1) is 6.92 Å². The summed E-state index contributed by atoms with van der Waals surface area (Å²) in [7, 11) is 0. The number of nitrogens with one attached hydrogen (secondary N) is 1. The molecule has 1 heterocycles. The molecule has 1 aromatic heterocycles. The van der Waals surface area contributed by atoms with E-state index in [9.17, 15) is 4.79 Å². The van der Waals surface area contributed by atoms with Crippen LogP contribution in [-0.2, 0) is 0 Å². The first-order valence-corrected chi connectivity index (χ1v) is 5.60. The standard InChI is InChI=1S/C13H15N3O/c1-3-16(11-8-13(17)15-14-9-11)12-7-5-4-6-10(12)2/h4-9H,3H2,1-2H3,(H,15,17). The topological polar surface area (TPSA) is 49.0 Å². The lowest BCUT2D eigenvalue weighted by molar-refractivity contribution is 0.947. The lowest BCUT2D eigenvalue weighted by atomic mass is 10.1. The molecule has 2 aromatic rings. The van der Waals surface area contributed by atoms with E-state index in [-0.39, 0.29) is 5.56 Å². The van der Waals surface area contributed by atoms with Gasteiger partial charge in [-0.3, -0.25) is 4.79 Å². The van der Waals surface area contributed by atoms with Gasteiger partial charge in [-0.25, -0.2) is 5.10 Å². The minimum atomic E-state index is -0.186. The molecule has 4 heteroatoms. The van der Waals surface area contributed by atoms with Gasteiger partial charge < -0.3 is 4.90 Å². The Bertz CT molecular complexity index is 562. The number of rotatable bonds is 3. The molecule has 0 aliphatic heterocycles. The van der Waals surface area contributed by atoms with E-state index in [1.54, 1.807) is 12.3 Å². The van der Waals surface area contributed by atoms with Crippen molar-refractivity contribution in [3.8, 4) is 0 Å². The van der Waals surface area contributed by atoms with Crippen molar-refractivity contribution in [1.29, 1.82) is 0 Å². The Morgan fingerprint density at radius 3 is 2.76 bits per heavy atom. The van der Waals surface area contributed by atoms with E-state index in [1.165, 1.54) is 5.56 Å². The summed E-state index contributed by atoms with van der Waals surface area (Å²) >= 11 is 0. The maximum absolute atomic E-state index is 11.3. The first-order valence-electron chi connectivity index (χ1n) is 5.60. The molecule has 0 fully saturated rings. The first-order chi connectivity index (χ1) is 8.22. The van der Waals surface area contributed by atoms with E-state index in [4.69, 9.17) is 0 Å². The van der Waals surface area contributed by atoms with E-state index in [0.717, 1.165) is 17.9 Å². The fraction of sp³-hybridized carbons (Fsp3) is 0.231. The van der Waals surface area contributed by atoms with E-state index in [1.807, 2.05) is 25.1 Å². The molecule has 0 saturated carbocycles. The second kappa shape index (κ2) is 4.82. The maximum atomic E-state index is 11.3. The number of aromatic nitrogens is 2. The molecule has 0 unspecified atom stereocenters. The Kier molecular flexibility index (Phi) is 3.23. The van der Waals surface area contributed by atoms with E-state index in [2.05, 4.69) is 28.1 Å². The number of para-hydroxylation sites is 1. The molecule has 0 aliphatic carbocycles. The van der Waals surface area contributed by atoms with Crippen molar-refractivity contribution in [3.05, 3.63) is 52.4 Å². The van der Waals surface area contributed by atoms with E-state index >= 15 is 0 Å². The van der Waals surface area contributed by atoms with Crippen molar-refractivity contribution < 1.29 is 0 Å². The zero-order valence-corrected chi connectivity index (χ0v) is 9.97. The van der Waals surface area contributed by atoms with Crippen LogP contribution >= 0.6 is 0 Å².